The Labute approximate surface area is 95.5 Å². The van der Waals surface area contributed by atoms with Crippen LogP contribution < -0.4 is 0 Å². The number of aliphatic hydroxyl groups excluding tert-OH is 1. The van der Waals surface area contributed by atoms with Gasteiger partial charge in [0, 0.05) is 7.05 Å². The van der Waals surface area contributed by atoms with Crippen LogP contribution in [0.4, 0.5) is 4.79 Å². The molecule has 16 heavy (non-hydrogen) atoms. The van der Waals surface area contributed by atoms with E-state index in [9.17, 15) is 4.79 Å². The molecule has 1 aromatic rings. The SMILES string of the molecule is C[C@H](CO)N(C)C(=O)OCc1ccccc1. The molecule has 1 amide bonds. The van der Waals surface area contributed by atoms with Crippen molar-refractivity contribution in [3.8, 4) is 0 Å². The highest BCUT2D eigenvalue weighted by molar-refractivity contribution is 5.67. The van der Waals surface area contributed by atoms with Gasteiger partial charge in [0.15, 0.2) is 0 Å². The fourth-order valence-electron chi connectivity index (χ4n) is 1.12. The predicted molar refractivity (Wildman–Crippen MR) is 60.9 cm³/mol. The van der Waals surface area contributed by atoms with E-state index in [0.29, 0.717) is 0 Å². The van der Waals surface area contributed by atoms with Gasteiger partial charge in [0.2, 0.25) is 0 Å². The molecule has 0 aliphatic rings. The summed E-state index contributed by atoms with van der Waals surface area (Å²) in [6.45, 7) is 1.93. The molecule has 0 radical (unpaired) electrons. The third-order valence-corrected chi connectivity index (χ3v) is 2.42. The summed E-state index contributed by atoms with van der Waals surface area (Å²) in [5, 5.41) is 8.89. The number of benzene rings is 1. The molecule has 1 aromatic carbocycles. The first-order chi connectivity index (χ1) is 7.65. The number of nitrogens with zero attached hydrogens (tertiary/aromatic N) is 1. The molecule has 0 bridgehead atoms. The van der Waals surface area contributed by atoms with Crippen LogP contribution in [0, 0.1) is 0 Å². The van der Waals surface area contributed by atoms with Crippen molar-refractivity contribution >= 4 is 6.09 Å². The van der Waals surface area contributed by atoms with Gasteiger partial charge in [0.25, 0.3) is 0 Å². The largest absolute Gasteiger partial charge is 0.445 e. The Balaban J connectivity index is 2.41. The summed E-state index contributed by atoms with van der Waals surface area (Å²) in [6.07, 6.45) is -0.426. The van der Waals surface area contributed by atoms with Gasteiger partial charge >= 0.3 is 6.09 Å². The molecule has 1 rings (SSSR count). The molecule has 0 unspecified atom stereocenters. The number of ether oxygens (including phenoxy) is 1. The van der Waals surface area contributed by atoms with Gasteiger partial charge in [-0.05, 0) is 12.5 Å². The van der Waals surface area contributed by atoms with E-state index in [0.717, 1.165) is 5.56 Å². The third kappa shape index (κ3) is 3.55. The molecule has 0 aliphatic carbocycles. The molecule has 0 heterocycles. The zero-order valence-electron chi connectivity index (χ0n) is 9.59. The molecule has 1 atom stereocenters. The number of amides is 1. The Hall–Kier alpha value is -1.55. The number of likely N-dealkylation sites (N-methyl/N-ethyl adjacent to an activating group) is 1. The van der Waals surface area contributed by atoms with Crippen molar-refractivity contribution in [3.63, 3.8) is 0 Å². The lowest BCUT2D eigenvalue weighted by Gasteiger charge is -2.22. The molecular weight excluding hydrogens is 206 g/mol. The van der Waals surface area contributed by atoms with Gasteiger partial charge in [-0.1, -0.05) is 30.3 Å². The van der Waals surface area contributed by atoms with E-state index >= 15 is 0 Å². The Morgan fingerprint density at radius 2 is 2.06 bits per heavy atom. The number of carbonyl (C=O) groups excluding carboxylic acids is 1. The molecule has 0 aliphatic heterocycles. The lowest BCUT2D eigenvalue weighted by molar-refractivity contribution is 0.0803. The summed E-state index contributed by atoms with van der Waals surface area (Å²) in [7, 11) is 1.61. The van der Waals surface area contributed by atoms with Crippen LogP contribution in [0.5, 0.6) is 0 Å². The van der Waals surface area contributed by atoms with E-state index in [1.54, 1.807) is 14.0 Å². The van der Waals surface area contributed by atoms with Crippen molar-refractivity contribution in [1.29, 1.82) is 0 Å². The van der Waals surface area contributed by atoms with Crippen molar-refractivity contribution in [2.45, 2.75) is 19.6 Å². The Kier molecular flexibility index (Phi) is 4.79. The molecule has 1 N–H and O–H groups in total. The molecular formula is C12H17NO3. The van der Waals surface area contributed by atoms with Crippen molar-refractivity contribution in [3.05, 3.63) is 35.9 Å². The fourth-order valence-corrected chi connectivity index (χ4v) is 1.12. The van der Waals surface area contributed by atoms with Crippen LogP contribution in [0.1, 0.15) is 12.5 Å². The van der Waals surface area contributed by atoms with Gasteiger partial charge in [-0.2, -0.15) is 0 Å². The second-order valence-corrected chi connectivity index (χ2v) is 3.68. The van der Waals surface area contributed by atoms with E-state index in [-0.39, 0.29) is 19.3 Å². The fraction of sp³-hybridized carbons (Fsp3) is 0.417. The number of carbonyl (C=O) groups is 1. The first-order valence-electron chi connectivity index (χ1n) is 5.19. The average Bonchev–Trinajstić information content (AvgIpc) is 2.35. The van der Waals surface area contributed by atoms with Gasteiger partial charge in [-0.15, -0.1) is 0 Å². The van der Waals surface area contributed by atoms with E-state index in [1.807, 2.05) is 30.3 Å². The molecule has 88 valence electrons. The summed E-state index contributed by atoms with van der Waals surface area (Å²) < 4.78 is 5.09. The third-order valence-electron chi connectivity index (χ3n) is 2.42. The van der Waals surface area contributed by atoms with E-state index in [2.05, 4.69) is 0 Å². The second-order valence-electron chi connectivity index (χ2n) is 3.68. The topological polar surface area (TPSA) is 49.8 Å². The predicted octanol–water partition coefficient (Wildman–Crippen LogP) is 1.64. The highest BCUT2D eigenvalue weighted by Crippen LogP contribution is 2.04. The Morgan fingerprint density at radius 1 is 1.44 bits per heavy atom. The smallest absolute Gasteiger partial charge is 0.410 e. The molecule has 0 saturated heterocycles. The van der Waals surface area contributed by atoms with E-state index in [1.165, 1.54) is 4.90 Å². The monoisotopic (exact) mass is 223 g/mol. The van der Waals surface area contributed by atoms with Crippen LogP contribution in [0.3, 0.4) is 0 Å². The lowest BCUT2D eigenvalue weighted by Crippen LogP contribution is -2.37. The maximum absolute atomic E-state index is 11.5. The van der Waals surface area contributed by atoms with Crippen LogP contribution in [0.25, 0.3) is 0 Å². The Bertz CT molecular complexity index is 326. The van der Waals surface area contributed by atoms with Gasteiger partial charge in [-0.25, -0.2) is 4.79 Å². The standard InChI is InChI=1S/C12H17NO3/c1-10(8-14)13(2)12(15)16-9-11-6-4-3-5-7-11/h3-7,10,14H,8-9H2,1-2H3/t10-/m1/s1. The molecule has 0 spiro atoms. The van der Waals surface area contributed by atoms with Gasteiger partial charge < -0.3 is 14.7 Å². The second kappa shape index (κ2) is 6.12. The molecule has 0 aromatic heterocycles. The number of hydrogen-bond acceptors (Lipinski definition) is 3. The minimum atomic E-state index is -0.426. The average molecular weight is 223 g/mol. The highest BCUT2D eigenvalue weighted by atomic mass is 16.6. The van der Waals surface area contributed by atoms with Gasteiger partial charge in [0.05, 0.1) is 12.6 Å². The van der Waals surface area contributed by atoms with Crippen molar-refractivity contribution in [1.82, 2.24) is 4.90 Å². The molecule has 0 saturated carbocycles. The summed E-state index contributed by atoms with van der Waals surface area (Å²) in [5.41, 5.74) is 0.945. The highest BCUT2D eigenvalue weighted by Gasteiger charge is 2.15. The summed E-state index contributed by atoms with van der Waals surface area (Å²) in [6, 6.07) is 9.24. The van der Waals surface area contributed by atoms with Crippen molar-refractivity contribution in [2.24, 2.45) is 0 Å². The van der Waals surface area contributed by atoms with Crippen LogP contribution in [-0.4, -0.2) is 35.8 Å². The van der Waals surface area contributed by atoms with Crippen molar-refractivity contribution in [2.75, 3.05) is 13.7 Å². The normalized spacial score (nSPS) is 11.9. The maximum atomic E-state index is 11.5. The molecule has 0 fully saturated rings. The van der Waals surface area contributed by atoms with Crippen LogP contribution in [-0.2, 0) is 11.3 Å². The first kappa shape index (κ1) is 12.5. The summed E-state index contributed by atoms with van der Waals surface area (Å²) >= 11 is 0. The zero-order valence-corrected chi connectivity index (χ0v) is 9.59. The van der Waals surface area contributed by atoms with E-state index < -0.39 is 6.09 Å². The van der Waals surface area contributed by atoms with E-state index in [4.69, 9.17) is 9.84 Å². The zero-order chi connectivity index (χ0) is 12.0. The first-order valence-corrected chi connectivity index (χ1v) is 5.19. The number of aliphatic hydroxyl groups is 1. The van der Waals surface area contributed by atoms with Gasteiger partial charge in [0.1, 0.15) is 6.61 Å². The number of hydrogen-bond donors (Lipinski definition) is 1. The maximum Gasteiger partial charge on any atom is 0.410 e. The summed E-state index contributed by atoms with van der Waals surface area (Å²) in [5.74, 6) is 0. The minimum absolute atomic E-state index is 0.0725. The lowest BCUT2D eigenvalue weighted by atomic mass is 10.2. The number of rotatable bonds is 4. The molecule has 4 heteroatoms. The van der Waals surface area contributed by atoms with Gasteiger partial charge in [-0.3, -0.25) is 0 Å². The van der Waals surface area contributed by atoms with Crippen LogP contribution >= 0.6 is 0 Å². The molecule has 4 nitrogen and oxygen atoms in total. The van der Waals surface area contributed by atoms with Crippen LogP contribution in [0.2, 0.25) is 0 Å². The minimum Gasteiger partial charge on any atom is -0.445 e. The van der Waals surface area contributed by atoms with Crippen molar-refractivity contribution < 1.29 is 14.6 Å². The Morgan fingerprint density at radius 3 is 2.62 bits per heavy atom. The van der Waals surface area contributed by atoms with Crippen LogP contribution in [0.15, 0.2) is 30.3 Å². The quantitative estimate of drug-likeness (QED) is 0.844. The summed E-state index contributed by atoms with van der Waals surface area (Å²) in [4.78, 5) is 12.9.